The van der Waals surface area contributed by atoms with E-state index in [1.165, 1.54) is 17.8 Å². The summed E-state index contributed by atoms with van der Waals surface area (Å²) in [5.41, 5.74) is 9.47. The molecule has 0 amide bonds. The number of aliphatic hydroxyl groups is 2. The normalized spacial score (nSPS) is 24.1. The van der Waals surface area contributed by atoms with E-state index < -0.39 is 42.7 Å². The summed E-state index contributed by atoms with van der Waals surface area (Å²) in [4.78, 5) is 21.0. The standard InChI is InChI=1S/C25H38N7O7PS2/c1-6-12-29-42-21-20(30-24(26)27)32(14-28-21)23-25(5,35)19(33)18(38-23)13-36-40(41,39-17-10-8-7-9-11-17)31-16(4)22(34)37-15(2)3/h6-11,14-16,18-19,23,29,33,35H,1,12-13H2,2-5H3,(H,31,41)(H4,26,27,30)/t16-,18+,19+,23+,25+,40?/m0/s1. The van der Waals surface area contributed by atoms with E-state index in [9.17, 15) is 15.0 Å². The molecule has 1 unspecified atom stereocenters. The molecule has 1 aliphatic rings. The number of para-hydroxylation sites is 1. The molecule has 232 valence electrons. The van der Waals surface area contributed by atoms with Gasteiger partial charge in [0.25, 0.3) is 0 Å². The fourth-order valence-corrected chi connectivity index (χ4v) is 6.96. The summed E-state index contributed by atoms with van der Waals surface area (Å²) < 4.78 is 27.9. The van der Waals surface area contributed by atoms with E-state index >= 15 is 0 Å². The molecule has 2 aromatic rings. The number of nitrogens with one attached hydrogen (secondary N) is 2. The minimum atomic E-state index is -3.43. The number of hydrogen-bond acceptors (Lipinski definition) is 12. The van der Waals surface area contributed by atoms with E-state index in [1.807, 2.05) is 6.07 Å². The molecule has 3 rings (SSSR count). The minimum absolute atomic E-state index is 0.201. The highest BCUT2D eigenvalue weighted by Crippen LogP contribution is 2.48. The van der Waals surface area contributed by atoms with Crippen LogP contribution in [0.3, 0.4) is 0 Å². The lowest BCUT2D eigenvalue weighted by molar-refractivity contribution is -0.149. The van der Waals surface area contributed by atoms with Gasteiger partial charge in [-0.15, -0.1) is 6.58 Å². The van der Waals surface area contributed by atoms with Gasteiger partial charge in [-0.3, -0.25) is 14.1 Å². The molecular formula is C25H38N7O7PS2. The van der Waals surface area contributed by atoms with Crippen molar-refractivity contribution in [3.63, 3.8) is 0 Å². The topological polar surface area (TPSA) is 201 Å². The van der Waals surface area contributed by atoms with Gasteiger partial charge in [-0.05, 0) is 63.6 Å². The number of imidazole rings is 1. The van der Waals surface area contributed by atoms with E-state index in [4.69, 9.17) is 41.8 Å². The summed E-state index contributed by atoms with van der Waals surface area (Å²) in [6.45, 7) is 6.86. The third kappa shape index (κ3) is 8.75. The first-order valence-electron chi connectivity index (χ1n) is 13.0. The molecule has 1 fully saturated rings. The lowest BCUT2D eigenvalue weighted by Gasteiger charge is -2.28. The molecule has 2 heterocycles. The summed E-state index contributed by atoms with van der Waals surface area (Å²) >= 11 is 6.89. The van der Waals surface area contributed by atoms with Gasteiger partial charge in [-0.1, -0.05) is 24.3 Å². The van der Waals surface area contributed by atoms with Crippen LogP contribution in [0, 0.1) is 0 Å². The Labute approximate surface area is 254 Å². The molecule has 1 aliphatic heterocycles. The number of esters is 1. The molecule has 1 saturated heterocycles. The van der Waals surface area contributed by atoms with Crippen LogP contribution in [0.5, 0.6) is 5.75 Å². The van der Waals surface area contributed by atoms with Gasteiger partial charge >= 0.3 is 12.6 Å². The van der Waals surface area contributed by atoms with E-state index in [2.05, 4.69) is 26.4 Å². The highest BCUT2D eigenvalue weighted by Gasteiger charge is 2.54. The third-order valence-corrected chi connectivity index (χ3v) is 9.10. The number of carbonyl (C=O) groups excluding carboxylic acids is 1. The highest BCUT2D eigenvalue weighted by atomic mass is 32.5. The van der Waals surface area contributed by atoms with Crippen LogP contribution in [0.1, 0.15) is 33.9 Å². The number of carbonyl (C=O) groups is 1. The van der Waals surface area contributed by atoms with Gasteiger partial charge in [0, 0.05) is 6.54 Å². The molecule has 17 heteroatoms. The van der Waals surface area contributed by atoms with Crippen LogP contribution in [0.2, 0.25) is 0 Å². The smallest absolute Gasteiger partial charge is 0.323 e. The van der Waals surface area contributed by atoms with Gasteiger partial charge < -0.3 is 40.2 Å². The number of benzene rings is 1. The molecule has 1 aromatic carbocycles. The first-order valence-corrected chi connectivity index (χ1v) is 16.4. The van der Waals surface area contributed by atoms with Crippen LogP contribution in [0.4, 0.5) is 5.82 Å². The van der Waals surface area contributed by atoms with Crippen LogP contribution in [-0.4, -0.2) is 74.8 Å². The number of rotatable bonds is 15. The van der Waals surface area contributed by atoms with Gasteiger partial charge in [0.2, 0.25) is 0 Å². The first-order chi connectivity index (χ1) is 19.8. The zero-order valence-corrected chi connectivity index (χ0v) is 26.3. The van der Waals surface area contributed by atoms with Crippen LogP contribution < -0.4 is 25.8 Å². The van der Waals surface area contributed by atoms with E-state index in [-0.39, 0.29) is 24.5 Å². The molecule has 1 aromatic heterocycles. The molecule has 0 bridgehead atoms. The molecular weight excluding hydrogens is 605 g/mol. The maximum absolute atomic E-state index is 12.5. The number of nitrogens with zero attached hydrogens (tertiary/aromatic N) is 3. The van der Waals surface area contributed by atoms with Crippen molar-refractivity contribution < 1.29 is 33.5 Å². The zero-order valence-electron chi connectivity index (χ0n) is 23.7. The van der Waals surface area contributed by atoms with Crippen LogP contribution in [0.25, 0.3) is 0 Å². The molecule has 0 radical (unpaired) electrons. The largest absolute Gasteiger partial charge is 0.462 e. The summed E-state index contributed by atoms with van der Waals surface area (Å²) in [5.74, 6) is -0.170. The van der Waals surface area contributed by atoms with Gasteiger partial charge in [-0.2, -0.15) is 4.99 Å². The van der Waals surface area contributed by atoms with E-state index in [1.54, 1.807) is 51.1 Å². The maximum atomic E-state index is 12.5. The lowest BCUT2D eigenvalue weighted by atomic mass is 9.96. The van der Waals surface area contributed by atoms with E-state index in [0.717, 1.165) is 11.9 Å². The summed E-state index contributed by atoms with van der Waals surface area (Å²) in [5, 5.41) is 25.8. The monoisotopic (exact) mass is 643 g/mol. The van der Waals surface area contributed by atoms with Crippen molar-refractivity contribution in [1.82, 2.24) is 19.4 Å². The lowest BCUT2D eigenvalue weighted by Crippen LogP contribution is -2.44. The summed E-state index contributed by atoms with van der Waals surface area (Å²) in [6.07, 6.45) is -0.947. The Morgan fingerprint density at radius 2 is 2.07 bits per heavy atom. The van der Waals surface area contributed by atoms with Gasteiger partial charge in [0.05, 0.1) is 19.0 Å². The van der Waals surface area contributed by atoms with Gasteiger partial charge in [0.1, 0.15) is 29.6 Å². The maximum Gasteiger partial charge on any atom is 0.323 e. The highest BCUT2D eigenvalue weighted by molar-refractivity contribution is 8.09. The fraction of sp³-hybridized carbons (Fsp3) is 0.480. The predicted octanol–water partition coefficient (Wildman–Crippen LogP) is 1.83. The summed E-state index contributed by atoms with van der Waals surface area (Å²) in [6, 6.07) is 7.84. The predicted molar refractivity (Wildman–Crippen MR) is 163 cm³/mol. The molecule has 8 N–H and O–H groups in total. The van der Waals surface area contributed by atoms with Crippen molar-refractivity contribution in [3.05, 3.63) is 49.3 Å². The van der Waals surface area contributed by atoms with Gasteiger partial charge in [0.15, 0.2) is 23.0 Å². The number of ether oxygens (including phenoxy) is 2. The summed E-state index contributed by atoms with van der Waals surface area (Å²) in [7, 11) is 0. The number of guanidine groups is 1. The number of aliphatic imine (C=N–C) groups is 1. The Balaban J connectivity index is 1.84. The number of aliphatic hydroxyl groups excluding tert-OH is 1. The first kappa shape index (κ1) is 34.0. The molecule has 6 atom stereocenters. The number of nitrogens with two attached hydrogens (primary N) is 2. The van der Waals surface area contributed by atoms with Crippen molar-refractivity contribution in [2.45, 2.75) is 68.9 Å². The Morgan fingerprint density at radius 3 is 2.69 bits per heavy atom. The van der Waals surface area contributed by atoms with Crippen molar-refractivity contribution in [3.8, 4) is 5.75 Å². The Bertz CT molecular complexity index is 1290. The molecule has 0 aliphatic carbocycles. The Morgan fingerprint density at radius 1 is 1.38 bits per heavy atom. The third-order valence-electron chi connectivity index (χ3n) is 5.81. The zero-order chi connectivity index (χ0) is 31.1. The second-order valence-corrected chi connectivity index (χ2v) is 13.8. The number of hydrogen-bond donors (Lipinski definition) is 6. The van der Waals surface area contributed by atoms with Gasteiger partial charge in [-0.25, -0.2) is 10.1 Å². The average Bonchev–Trinajstić information content (AvgIpc) is 3.39. The average molecular weight is 644 g/mol. The Kier molecular flexibility index (Phi) is 11.9. The van der Waals surface area contributed by atoms with Crippen LogP contribution in [-0.2, 0) is 30.6 Å². The fourth-order valence-electron chi connectivity index (χ4n) is 3.86. The SMILES string of the molecule is C=CCNSc1ncn([C@@H]2O[C@H](COP(=S)(N[C@@H](C)C(=O)OC(C)C)Oc3ccccc3)[C@@H](O)[C@@]2(C)O)c1N=C(N)N. The second-order valence-electron chi connectivity index (χ2n) is 9.79. The Hall–Kier alpha value is -2.53. The number of aromatic nitrogens is 2. The van der Waals surface area contributed by atoms with Crippen molar-refractivity contribution in [1.29, 1.82) is 0 Å². The van der Waals surface area contributed by atoms with Crippen molar-refractivity contribution in [2.75, 3.05) is 13.2 Å². The molecule has 0 saturated carbocycles. The van der Waals surface area contributed by atoms with Crippen molar-refractivity contribution >= 4 is 48.1 Å². The second kappa shape index (κ2) is 14.8. The molecule has 0 spiro atoms. The van der Waals surface area contributed by atoms with Crippen LogP contribution >= 0.6 is 18.6 Å². The van der Waals surface area contributed by atoms with E-state index in [0.29, 0.717) is 17.3 Å². The molecule has 42 heavy (non-hydrogen) atoms. The molecule has 14 nitrogen and oxygen atoms in total. The van der Waals surface area contributed by atoms with Crippen LogP contribution in [0.15, 0.2) is 59.3 Å². The minimum Gasteiger partial charge on any atom is -0.462 e. The quantitative estimate of drug-likeness (QED) is 0.0312. The van der Waals surface area contributed by atoms with Crippen molar-refractivity contribution in [2.24, 2.45) is 16.5 Å².